The van der Waals surface area contributed by atoms with Crippen LogP contribution >= 0.6 is 0 Å². The lowest BCUT2D eigenvalue weighted by molar-refractivity contribution is 0.331. The molecule has 1 heterocycles. The minimum absolute atomic E-state index is 0.0526. The Hall–Kier alpha value is -1.53. The predicted molar refractivity (Wildman–Crippen MR) is 67.0 cm³/mol. The zero-order valence-corrected chi connectivity index (χ0v) is 10.2. The Bertz CT molecular complexity index is 405. The number of hydrogen-bond donors (Lipinski definition) is 0. The summed E-state index contributed by atoms with van der Waals surface area (Å²) >= 11 is 0. The number of nitriles is 1. The zero-order valence-electron chi connectivity index (χ0n) is 10.2. The highest BCUT2D eigenvalue weighted by atomic mass is 16.5. The fourth-order valence-electron chi connectivity index (χ4n) is 2.30. The molecule has 1 aliphatic rings. The predicted octanol–water partition coefficient (Wildman–Crippen LogP) is 2.40. The molecule has 2 rings (SSSR count). The maximum absolute atomic E-state index is 9.29. The van der Waals surface area contributed by atoms with Gasteiger partial charge in [0, 0.05) is 6.54 Å². The van der Waals surface area contributed by atoms with Crippen molar-refractivity contribution in [3.05, 3.63) is 29.8 Å². The molecule has 17 heavy (non-hydrogen) atoms. The van der Waals surface area contributed by atoms with Crippen LogP contribution in [0.2, 0.25) is 0 Å². The second-order valence-electron chi connectivity index (χ2n) is 4.47. The van der Waals surface area contributed by atoms with Crippen LogP contribution in [-0.2, 0) is 0 Å². The van der Waals surface area contributed by atoms with Crippen molar-refractivity contribution in [2.75, 3.05) is 26.7 Å². The second-order valence-corrected chi connectivity index (χ2v) is 4.47. The molecule has 1 aliphatic heterocycles. The van der Waals surface area contributed by atoms with E-state index in [0.29, 0.717) is 0 Å². The normalized spacial score (nSPS) is 17.6. The van der Waals surface area contributed by atoms with E-state index < -0.39 is 0 Å². The van der Waals surface area contributed by atoms with Gasteiger partial charge in [-0.2, -0.15) is 5.26 Å². The maximum Gasteiger partial charge on any atom is 0.119 e. The summed E-state index contributed by atoms with van der Waals surface area (Å²) in [6.45, 7) is 3.09. The average molecular weight is 230 g/mol. The van der Waals surface area contributed by atoms with Crippen LogP contribution < -0.4 is 4.74 Å². The third-order valence-corrected chi connectivity index (χ3v) is 3.29. The van der Waals surface area contributed by atoms with Gasteiger partial charge in [-0.3, -0.25) is 0 Å². The van der Waals surface area contributed by atoms with Crippen LogP contribution in [0.25, 0.3) is 0 Å². The zero-order chi connectivity index (χ0) is 12.1. The lowest BCUT2D eigenvalue weighted by atomic mass is 10.00. The summed E-state index contributed by atoms with van der Waals surface area (Å²) in [6.07, 6.45) is 2.52. The number of likely N-dealkylation sites (tertiary alicyclic amines) is 1. The van der Waals surface area contributed by atoms with E-state index in [-0.39, 0.29) is 5.92 Å². The van der Waals surface area contributed by atoms with Crippen LogP contribution in [0.5, 0.6) is 5.75 Å². The molecular weight excluding hydrogens is 212 g/mol. The summed E-state index contributed by atoms with van der Waals surface area (Å²) in [5.74, 6) is 0.771. The number of rotatable bonds is 4. The Morgan fingerprint density at radius 1 is 1.41 bits per heavy atom. The van der Waals surface area contributed by atoms with Gasteiger partial charge in [-0.15, -0.1) is 0 Å². The molecular formula is C14H18N2O. The topological polar surface area (TPSA) is 36.3 Å². The highest BCUT2D eigenvalue weighted by Gasteiger charge is 2.18. The molecule has 0 bridgehead atoms. The summed E-state index contributed by atoms with van der Waals surface area (Å²) in [4.78, 5) is 2.37. The molecule has 1 aromatic carbocycles. The summed E-state index contributed by atoms with van der Waals surface area (Å²) < 4.78 is 5.20. The number of benzene rings is 1. The first-order valence-corrected chi connectivity index (χ1v) is 6.09. The van der Waals surface area contributed by atoms with E-state index in [0.717, 1.165) is 30.9 Å². The summed E-state index contributed by atoms with van der Waals surface area (Å²) in [6, 6.07) is 10.2. The van der Waals surface area contributed by atoms with Crippen LogP contribution in [0.1, 0.15) is 24.3 Å². The minimum Gasteiger partial charge on any atom is -0.497 e. The van der Waals surface area contributed by atoms with Crippen LogP contribution in [-0.4, -0.2) is 31.6 Å². The average Bonchev–Trinajstić information content (AvgIpc) is 2.89. The van der Waals surface area contributed by atoms with Crippen molar-refractivity contribution < 1.29 is 4.74 Å². The Morgan fingerprint density at radius 3 is 2.82 bits per heavy atom. The number of methoxy groups -OCH3 is 1. The van der Waals surface area contributed by atoms with Gasteiger partial charge in [-0.1, -0.05) is 12.1 Å². The number of ether oxygens (including phenoxy) is 1. The fraction of sp³-hybridized carbons (Fsp3) is 0.500. The molecule has 0 saturated carbocycles. The van der Waals surface area contributed by atoms with E-state index in [4.69, 9.17) is 4.74 Å². The lowest BCUT2D eigenvalue weighted by Crippen LogP contribution is -2.24. The van der Waals surface area contributed by atoms with E-state index in [2.05, 4.69) is 11.0 Å². The highest BCUT2D eigenvalue weighted by Crippen LogP contribution is 2.22. The van der Waals surface area contributed by atoms with Crippen molar-refractivity contribution in [1.29, 1.82) is 5.26 Å². The molecule has 0 N–H and O–H groups in total. The molecule has 1 saturated heterocycles. The largest absolute Gasteiger partial charge is 0.497 e. The third-order valence-electron chi connectivity index (χ3n) is 3.29. The van der Waals surface area contributed by atoms with Gasteiger partial charge >= 0.3 is 0 Å². The van der Waals surface area contributed by atoms with Gasteiger partial charge < -0.3 is 9.64 Å². The smallest absolute Gasteiger partial charge is 0.119 e. The van der Waals surface area contributed by atoms with Gasteiger partial charge in [0.25, 0.3) is 0 Å². The molecule has 0 amide bonds. The SMILES string of the molecule is COc1cccc(C(C#N)CN2CCCC2)c1. The van der Waals surface area contributed by atoms with Crippen molar-refractivity contribution in [2.45, 2.75) is 18.8 Å². The van der Waals surface area contributed by atoms with Gasteiger partial charge in [0.05, 0.1) is 19.1 Å². The second kappa shape index (κ2) is 5.70. The van der Waals surface area contributed by atoms with Crippen LogP contribution in [0.15, 0.2) is 24.3 Å². The van der Waals surface area contributed by atoms with E-state index in [1.165, 1.54) is 12.8 Å². The van der Waals surface area contributed by atoms with Gasteiger partial charge in [-0.25, -0.2) is 0 Å². The van der Waals surface area contributed by atoms with Crippen molar-refractivity contribution in [3.8, 4) is 11.8 Å². The number of hydrogen-bond acceptors (Lipinski definition) is 3. The Balaban J connectivity index is 2.08. The van der Waals surface area contributed by atoms with Crippen molar-refractivity contribution in [2.24, 2.45) is 0 Å². The van der Waals surface area contributed by atoms with Crippen molar-refractivity contribution >= 4 is 0 Å². The molecule has 0 radical (unpaired) electrons. The first-order valence-electron chi connectivity index (χ1n) is 6.09. The summed E-state index contributed by atoms with van der Waals surface area (Å²) in [7, 11) is 1.65. The first kappa shape index (κ1) is 11.9. The molecule has 3 heteroatoms. The van der Waals surface area contributed by atoms with Gasteiger partial charge in [0.15, 0.2) is 0 Å². The summed E-state index contributed by atoms with van der Waals surface area (Å²) in [5, 5.41) is 9.29. The van der Waals surface area contributed by atoms with E-state index >= 15 is 0 Å². The van der Waals surface area contributed by atoms with E-state index in [1.807, 2.05) is 24.3 Å². The standard InChI is InChI=1S/C14H18N2O/c1-17-14-6-4-5-12(9-14)13(10-15)11-16-7-2-3-8-16/h4-6,9,13H,2-3,7-8,11H2,1H3. The molecule has 0 spiro atoms. The minimum atomic E-state index is -0.0526. The third kappa shape index (κ3) is 2.98. The van der Waals surface area contributed by atoms with Crippen molar-refractivity contribution in [1.82, 2.24) is 4.90 Å². The molecule has 0 aliphatic carbocycles. The quantitative estimate of drug-likeness (QED) is 0.797. The molecule has 1 aromatic rings. The number of nitrogens with zero attached hydrogens (tertiary/aromatic N) is 2. The molecule has 1 atom stereocenters. The van der Waals surface area contributed by atoms with Crippen molar-refractivity contribution in [3.63, 3.8) is 0 Å². The van der Waals surface area contributed by atoms with Gasteiger partial charge in [-0.05, 0) is 43.6 Å². The van der Waals surface area contributed by atoms with Crippen LogP contribution in [0.4, 0.5) is 0 Å². The van der Waals surface area contributed by atoms with Gasteiger partial charge in [0.2, 0.25) is 0 Å². The molecule has 90 valence electrons. The van der Waals surface area contributed by atoms with E-state index in [9.17, 15) is 5.26 Å². The van der Waals surface area contributed by atoms with Gasteiger partial charge in [0.1, 0.15) is 5.75 Å². The fourth-order valence-corrected chi connectivity index (χ4v) is 2.30. The Kier molecular flexibility index (Phi) is 4.00. The molecule has 1 fully saturated rings. The monoisotopic (exact) mass is 230 g/mol. The Morgan fingerprint density at radius 2 is 2.18 bits per heavy atom. The van der Waals surface area contributed by atoms with Crippen LogP contribution in [0.3, 0.4) is 0 Å². The molecule has 0 aromatic heterocycles. The van der Waals surface area contributed by atoms with Crippen LogP contribution in [0, 0.1) is 11.3 Å². The molecule has 1 unspecified atom stereocenters. The first-order chi connectivity index (χ1) is 8.33. The Labute approximate surface area is 103 Å². The highest BCUT2D eigenvalue weighted by molar-refractivity contribution is 5.33. The molecule has 3 nitrogen and oxygen atoms in total. The summed E-state index contributed by atoms with van der Waals surface area (Å²) in [5.41, 5.74) is 1.05. The lowest BCUT2D eigenvalue weighted by Gasteiger charge is -2.18. The maximum atomic E-state index is 9.29. The van der Waals surface area contributed by atoms with E-state index in [1.54, 1.807) is 7.11 Å².